The first kappa shape index (κ1) is 21.8. The molecule has 8 heteroatoms. The highest BCUT2D eigenvalue weighted by molar-refractivity contribution is 7.12. The lowest BCUT2D eigenvalue weighted by Crippen LogP contribution is -2.37. The molecule has 0 radical (unpaired) electrons. The van der Waals surface area contributed by atoms with Gasteiger partial charge in [0, 0.05) is 22.9 Å². The van der Waals surface area contributed by atoms with Gasteiger partial charge in [-0.25, -0.2) is 4.79 Å². The number of nitrogens with one attached hydrogen (secondary N) is 3. The summed E-state index contributed by atoms with van der Waals surface area (Å²) in [6.45, 7) is 0.386. The van der Waals surface area contributed by atoms with Gasteiger partial charge in [-0.3, -0.25) is 4.79 Å². The van der Waals surface area contributed by atoms with E-state index in [-0.39, 0.29) is 18.0 Å². The topological polar surface area (TPSA) is 73.5 Å². The van der Waals surface area contributed by atoms with Crippen LogP contribution in [0.1, 0.15) is 21.3 Å². The molecule has 3 N–H and O–H groups in total. The van der Waals surface area contributed by atoms with Crippen LogP contribution in [0.4, 0.5) is 16.2 Å². The van der Waals surface area contributed by atoms with Crippen molar-refractivity contribution < 1.29 is 9.59 Å². The molecule has 1 atom stereocenters. The minimum absolute atomic E-state index is 0.0686. The maximum atomic E-state index is 12.4. The summed E-state index contributed by atoms with van der Waals surface area (Å²) in [5.74, 6) is -0.180. The van der Waals surface area contributed by atoms with Gasteiger partial charge in [0.2, 0.25) is 0 Å². The van der Waals surface area contributed by atoms with Crippen molar-refractivity contribution in [3.8, 4) is 0 Å². The number of nitrogens with zero attached hydrogens (tertiary/aromatic N) is 1. The van der Waals surface area contributed by atoms with Crippen LogP contribution in [-0.4, -0.2) is 37.5 Å². The lowest BCUT2D eigenvalue weighted by Gasteiger charge is -2.26. The molecule has 0 fully saturated rings. The first-order valence-corrected chi connectivity index (χ1v) is 10.6. The number of rotatable bonds is 7. The number of benzene rings is 2. The van der Waals surface area contributed by atoms with Gasteiger partial charge in [0.15, 0.2) is 0 Å². The van der Waals surface area contributed by atoms with Gasteiger partial charge < -0.3 is 20.9 Å². The van der Waals surface area contributed by atoms with E-state index in [1.165, 1.54) is 11.3 Å². The summed E-state index contributed by atoms with van der Waals surface area (Å²) in [4.78, 5) is 27.2. The molecule has 6 nitrogen and oxygen atoms in total. The Balaban J connectivity index is 1.59. The van der Waals surface area contributed by atoms with E-state index in [1.807, 2.05) is 54.7 Å². The summed E-state index contributed by atoms with van der Waals surface area (Å²) in [6, 6.07) is 17.8. The summed E-state index contributed by atoms with van der Waals surface area (Å²) >= 11 is 7.69. The smallest absolute Gasteiger partial charge is 0.319 e. The molecule has 3 rings (SSSR count). The van der Waals surface area contributed by atoms with Gasteiger partial charge in [0.1, 0.15) is 0 Å². The highest BCUT2D eigenvalue weighted by atomic mass is 35.5. The zero-order chi connectivity index (χ0) is 21.5. The normalized spacial score (nSPS) is 11.7. The van der Waals surface area contributed by atoms with Crippen LogP contribution < -0.4 is 16.0 Å². The van der Waals surface area contributed by atoms with Gasteiger partial charge >= 0.3 is 6.03 Å². The molecule has 0 aliphatic heterocycles. The summed E-state index contributed by atoms with van der Waals surface area (Å²) in [5, 5.41) is 11.0. The van der Waals surface area contributed by atoms with Crippen molar-refractivity contribution in [2.45, 2.75) is 6.04 Å². The standard InChI is InChI=1S/C22H23ClN4O2S/c1-27(2)19(17-9-3-4-10-18(17)23)14-24-22(29)26-16-8-5-7-15(13-16)25-21(28)20-11-6-12-30-20/h3-13,19H,14H2,1-2H3,(H,25,28)(H2,24,26,29). The summed E-state index contributed by atoms with van der Waals surface area (Å²) in [7, 11) is 3.88. The van der Waals surface area contributed by atoms with Crippen molar-refractivity contribution in [3.05, 3.63) is 81.5 Å². The number of carbonyl (C=O) groups is 2. The number of amides is 3. The molecule has 3 amide bonds. The van der Waals surface area contributed by atoms with E-state index < -0.39 is 0 Å². The molecule has 0 saturated heterocycles. The molecule has 1 unspecified atom stereocenters. The Bertz CT molecular complexity index is 1010. The second-order valence-corrected chi connectivity index (χ2v) is 8.20. The van der Waals surface area contributed by atoms with E-state index in [0.29, 0.717) is 27.8 Å². The zero-order valence-corrected chi connectivity index (χ0v) is 18.3. The molecule has 0 spiro atoms. The Morgan fingerprint density at radius 1 is 1.00 bits per heavy atom. The van der Waals surface area contributed by atoms with E-state index in [4.69, 9.17) is 11.6 Å². The van der Waals surface area contributed by atoms with Crippen LogP contribution in [0.25, 0.3) is 0 Å². The van der Waals surface area contributed by atoms with Crippen molar-refractivity contribution in [3.63, 3.8) is 0 Å². The van der Waals surface area contributed by atoms with Crippen LogP contribution in [0, 0.1) is 0 Å². The number of hydrogen-bond acceptors (Lipinski definition) is 4. The van der Waals surface area contributed by atoms with E-state index in [2.05, 4.69) is 16.0 Å². The minimum Gasteiger partial charge on any atom is -0.336 e. The number of anilines is 2. The van der Waals surface area contributed by atoms with E-state index in [9.17, 15) is 9.59 Å². The second kappa shape index (κ2) is 10.2. The average Bonchev–Trinajstić information content (AvgIpc) is 3.24. The second-order valence-electron chi connectivity index (χ2n) is 6.85. The first-order valence-electron chi connectivity index (χ1n) is 9.34. The molecule has 0 aliphatic carbocycles. The average molecular weight is 443 g/mol. The molecule has 1 aromatic heterocycles. The van der Waals surface area contributed by atoms with Gasteiger partial charge in [-0.05, 0) is 55.4 Å². The molecule has 156 valence electrons. The zero-order valence-electron chi connectivity index (χ0n) is 16.7. The van der Waals surface area contributed by atoms with Gasteiger partial charge in [0.05, 0.1) is 10.9 Å². The van der Waals surface area contributed by atoms with E-state index in [0.717, 1.165) is 5.56 Å². The fourth-order valence-electron chi connectivity index (χ4n) is 2.96. The SMILES string of the molecule is CN(C)C(CNC(=O)Nc1cccc(NC(=O)c2cccs2)c1)c1ccccc1Cl. The molecule has 3 aromatic rings. The van der Waals surface area contributed by atoms with Crippen LogP contribution in [0.2, 0.25) is 5.02 Å². The Labute approximate surface area is 184 Å². The fourth-order valence-corrected chi connectivity index (χ4v) is 3.84. The van der Waals surface area contributed by atoms with Gasteiger partial charge in [0.25, 0.3) is 5.91 Å². The van der Waals surface area contributed by atoms with Crippen LogP contribution in [0.3, 0.4) is 0 Å². The molecule has 2 aromatic carbocycles. The summed E-state index contributed by atoms with van der Waals surface area (Å²) in [5.41, 5.74) is 2.13. The Morgan fingerprint density at radius 3 is 2.40 bits per heavy atom. The van der Waals surface area contributed by atoms with Crippen LogP contribution in [-0.2, 0) is 0 Å². The van der Waals surface area contributed by atoms with Gasteiger partial charge in [-0.1, -0.05) is 41.9 Å². The third-order valence-corrected chi connectivity index (χ3v) is 5.68. The van der Waals surface area contributed by atoms with Crippen molar-refractivity contribution in [1.29, 1.82) is 0 Å². The van der Waals surface area contributed by atoms with Gasteiger partial charge in [-0.15, -0.1) is 11.3 Å². The Morgan fingerprint density at radius 2 is 1.73 bits per heavy atom. The molecule has 0 bridgehead atoms. The number of urea groups is 1. The molecule has 0 aliphatic rings. The van der Waals surface area contributed by atoms with E-state index >= 15 is 0 Å². The van der Waals surface area contributed by atoms with E-state index in [1.54, 1.807) is 30.3 Å². The number of carbonyl (C=O) groups excluding carboxylic acids is 2. The quantitative estimate of drug-likeness (QED) is 0.477. The summed E-state index contributed by atoms with van der Waals surface area (Å²) < 4.78 is 0. The van der Waals surface area contributed by atoms with Crippen LogP contribution in [0.15, 0.2) is 66.0 Å². The molecular formula is C22H23ClN4O2S. The van der Waals surface area contributed by atoms with Crippen LogP contribution >= 0.6 is 22.9 Å². The number of hydrogen-bond donors (Lipinski definition) is 3. The van der Waals surface area contributed by atoms with Crippen molar-refractivity contribution in [1.82, 2.24) is 10.2 Å². The van der Waals surface area contributed by atoms with Crippen molar-refractivity contribution in [2.75, 3.05) is 31.3 Å². The number of thiophene rings is 1. The third-order valence-electron chi connectivity index (χ3n) is 4.47. The molecular weight excluding hydrogens is 420 g/mol. The minimum atomic E-state index is -0.337. The largest absolute Gasteiger partial charge is 0.336 e. The molecule has 0 saturated carbocycles. The summed E-state index contributed by atoms with van der Waals surface area (Å²) in [6.07, 6.45) is 0. The maximum Gasteiger partial charge on any atom is 0.319 e. The predicted molar refractivity (Wildman–Crippen MR) is 124 cm³/mol. The van der Waals surface area contributed by atoms with Crippen molar-refractivity contribution >= 4 is 46.3 Å². The third kappa shape index (κ3) is 5.82. The lowest BCUT2D eigenvalue weighted by molar-refractivity contribution is 0.103. The highest BCUT2D eigenvalue weighted by Crippen LogP contribution is 2.25. The molecule has 30 heavy (non-hydrogen) atoms. The fraction of sp³-hybridized carbons (Fsp3) is 0.182. The Hall–Kier alpha value is -2.87. The maximum absolute atomic E-state index is 12.4. The monoisotopic (exact) mass is 442 g/mol. The number of halogens is 1. The van der Waals surface area contributed by atoms with Gasteiger partial charge in [-0.2, -0.15) is 0 Å². The van der Waals surface area contributed by atoms with Crippen LogP contribution in [0.5, 0.6) is 0 Å². The molecule has 1 heterocycles. The Kier molecular flexibility index (Phi) is 7.46. The lowest BCUT2D eigenvalue weighted by atomic mass is 10.1. The van der Waals surface area contributed by atoms with Crippen molar-refractivity contribution in [2.24, 2.45) is 0 Å². The number of likely N-dealkylation sites (N-methyl/N-ethyl adjacent to an activating group) is 1. The predicted octanol–water partition coefficient (Wildman–Crippen LogP) is 5.08. The first-order chi connectivity index (χ1) is 14.4. The highest BCUT2D eigenvalue weighted by Gasteiger charge is 2.18.